The number of carboxylic acid groups (broad SMARTS) is 1. The van der Waals surface area contributed by atoms with Crippen LogP contribution in [-0.4, -0.2) is 58.1 Å². The first kappa shape index (κ1) is 22.7. The number of aromatic carboxylic acids is 1. The Labute approximate surface area is 173 Å². The van der Waals surface area contributed by atoms with Crippen molar-refractivity contribution in [2.75, 3.05) is 43.4 Å². The van der Waals surface area contributed by atoms with Gasteiger partial charge in [-0.1, -0.05) is 6.07 Å². The van der Waals surface area contributed by atoms with E-state index in [1.165, 1.54) is 12.1 Å². The second-order valence-electron chi connectivity index (χ2n) is 7.35. The van der Waals surface area contributed by atoms with Crippen LogP contribution < -0.4 is 9.62 Å². The molecule has 29 heavy (non-hydrogen) atoms. The van der Waals surface area contributed by atoms with E-state index < -0.39 is 16.0 Å². The molecule has 0 radical (unpaired) electrons. The van der Waals surface area contributed by atoms with Gasteiger partial charge in [-0.05, 0) is 76.3 Å². The molecule has 0 aliphatic rings. The first-order valence-corrected chi connectivity index (χ1v) is 10.9. The molecule has 7 nitrogen and oxygen atoms in total. The van der Waals surface area contributed by atoms with Crippen LogP contribution in [-0.2, 0) is 10.0 Å². The predicted octanol–water partition coefficient (Wildman–Crippen LogP) is 3.19. The summed E-state index contributed by atoms with van der Waals surface area (Å²) in [6.07, 6.45) is 0. The minimum absolute atomic E-state index is 0.0236. The Balaban J connectivity index is 2.50. The highest BCUT2D eigenvalue weighted by Gasteiger charge is 2.20. The summed E-state index contributed by atoms with van der Waals surface area (Å²) < 4.78 is 28.7. The number of aryl methyl sites for hydroxylation is 2. The largest absolute Gasteiger partial charge is 0.478 e. The van der Waals surface area contributed by atoms with Crippen LogP contribution in [0.1, 0.15) is 28.4 Å². The second-order valence-corrected chi connectivity index (χ2v) is 9.03. The second kappa shape index (κ2) is 9.28. The summed E-state index contributed by atoms with van der Waals surface area (Å²) in [6, 6.07) is 9.61. The summed E-state index contributed by atoms with van der Waals surface area (Å²) in [5.41, 5.74) is 2.60. The van der Waals surface area contributed by atoms with Crippen LogP contribution in [0.25, 0.3) is 0 Å². The fourth-order valence-corrected chi connectivity index (χ4v) is 4.34. The van der Waals surface area contributed by atoms with Crippen molar-refractivity contribution in [2.24, 2.45) is 0 Å². The van der Waals surface area contributed by atoms with Gasteiger partial charge in [-0.25, -0.2) is 13.2 Å². The molecule has 0 unspecified atom stereocenters. The number of carboxylic acids is 1. The highest BCUT2D eigenvalue weighted by Crippen LogP contribution is 2.30. The number of rotatable bonds is 9. The molecule has 0 atom stereocenters. The lowest BCUT2D eigenvalue weighted by molar-refractivity contribution is 0.0697. The Kier molecular flexibility index (Phi) is 7.26. The minimum Gasteiger partial charge on any atom is -0.478 e. The first-order valence-electron chi connectivity index (χ1n) is 9.41. The van der Waals surface area contributed by atoms with Crippen LogP contribution in [0.3, 0.4) is 0 Å². The van der Waals surface area contributed by atoms with Gasteiger partial charge >= 0.3 is 5.97 Å². The first-order chi connectivity index (χ1) is 13.5. The maximum absolute atomic E-state index is 13.0. The Bertz CT molecular complexity index is 967. The van der Waals surface area contributed by atoms with Crippen molar-refractivity contribution in [1.29, 1.82) is 0 Å². The summed E-state index contributed by atoms with van der Waals surface area (Å²) in [7, 11) is 0.0504. The quantitative estimate of drug-likeness (QED) is 0.649. The number of sulfonamides is 1. The van der Waals surface area contributed by atoms with Crippen LogP contribution >= 0.6 is 0 Å². The third kappa shape index (κ3) is 5.95. The number of nitrogens with one attached hydrogen (secondary N) is 1. The minimum atomic E-state index is -3.88. The van der Waals surface area contributed by atoms with Crippen molar-refractivity contribution in [3.05, 3.63) is 53.1 Å². The van der Waals surface area contributed by atoms with E-state index in [-0.39, 0.29) is 16.1 Å². The molecule has 2 N–H and O–H groups in total. The molecule has 2 aromatic rings. The van der Waals surface area contributed by atoms with Gasteiger partial charge in [-0.15, -0.1) is 0 Å². The third-order valence-electron chi connectivity index (χ3n) is 4.53. The summed E-state index contributed by atoms with van der Waals surface area (Å²) in [5.74, 6) is -1.11. The standard InChI is InChI=1S/C21H29N3O4S/c1-6-24(10-9-23(4)5)20-8-7-17(21(25)26)14-19(20)22-29(27,28)18-12-15(2)11-16(3)13-18/h7-8,11-14,22H,6,9-10H2,1-5H3,(H,25,26). The average Bonchev–Trinajstić information content (AvgIpc) is 2.61. The van der Waals surface area contributed by atoms with Gasteiger partial charge in [0.05, 0.1) is 21.8 Å². The van der Waals surface area contributed by atoms with Crippen LogP contribution in [0.5, 0.6) is 0 Å². The zero-order valence-corrected chi connectivity index (χ0v) is 18.4. The third-order valence-corrected chi connectivity index (χ3v) is 5.88. The molecule has 0 aliphatic carbocycles. The molecule has 0 bridgehead atoms. The van der Waals surface area contributed by atoms with Gasteiger partial charge in [0.1, 0.15) is 0 Å². The molecular weight excluding hydrogens is 390 g/mol. The number of nitrogens with zero attached hydrogens (tertiary/aromatic N) is 2. The molecule has 0 amide bonds. The molecule has 0 spiro atoms. The molecule has 8 heteroatoms. The SMILES string of the molecule is CCN(CCN(C)C)c1ccc(C(=O)O)cc1NS(=O)(=O)c1cc(C)cc(C)c1. The van der Waals surface area contributed by atoms with Gasteiger partial charge in [-0.2, -0.15) is 0 Å². The predicted molar refractivity (Wildman–Crippen MR) is 117 cm³/mol. The number of anilines is 2. The van der Waals surface area contributed by atoms with Crippen molar-refractivity contribution >= 4 is 27.4 Å². The van der Waals surface area contributed by atoms with Crippen molar-refractivity contribution in [3.8, 4) is 0 Å². The Morgan fingerprint density at radius 2 is 1.66 bits per heavy atom. The molecule has 0 fully saturated rings. The molecule has 0 saturated heterocycles. The number of hydrogen-bond acceptors (Lipinski definition) is 5. The van der Waals surface area contributed by atoms with Gasteiger partial charge in [-0.3, -0.25) is 4.72 Å². The maximum atomic E-state index is 13.0. The number of carbonyl (C=O) groups is 1. The van der Waals surface area contributed by atoms with Crippen molar-refractivity contribution in [1.82, 2.24) is 4.90 Å². The number of likely N-dealkylation sites (N-methyl/N-ethyl adjacent to an activating group) is 2. The fraction of sp³-hybridized carbons (Fsp3) is 0.381. The van der Waals surface area contributed by atoms with Crippen molar-refractivity contribution < 1.29 is 18.3 Å². The Morgan fingerprint density at radius 1 is 1.03 bits per heavy atom. The average molecular weight is 420 g/mol. The summed E-state index contributed by atoms with van der Waals surface area (Å²) in [4.78, 5) is 15.7. The highest BCUT2D eigenvalue weighted by atomic mass is 32.2. The summed E-state index contributed by atoms with van der Waals surface area (Å²) in [5, 5.41) is 9.36. The van der Waals surface area contributed by atoms with E-state index >= 15 is 0 Å². The molecule has 158 valence electrons. The molecule has 0 saturated carbocycles. The van der Waals surface area contributed by atoms with E-state index in [4.69, 9.17) is 0 Å². The summed E-state index contributed by atoms with van der Waals surface area (Å²) >= 11 is 0. The van der Waals surface area contributed by atoms with E-state index in [0.29, 0.717) is 18.8 Å². The van der Waals surface area contributed by atoms with Gasteiger partial charge in [0.25, 0.3) is 10.0 Å². The monoisotopic (exact) mass is 419 g/mol. The molecule has 0 heterocycles. The zero-order valence-electron chi connectivity index (χ0n) is 17.6. The zero-order chi connectivity index (χ0) is 21.8. The van der Waals surface area contributed by atoms with Crippen LogP contribution in [0.15, 0.2) is 41.3 Å². The van der Waals surface area contributed by atoms with Crippen LogP contribution in [0.4, 0.5) is 11.4 Å². The lowest BCUT2D eigenvalue weighted by Gasteiger charge is -2.27. The number of benzene rings is 2. The fourth-order valence-electron chi connectivity index (χ4n) is 3.09. The molecule has 0 aliphatic heterocycles. The van der Waals surface area contributed by atoms with Crippen molar-refractivity contribution in [2.45, 2.75) is 25.7 Å². The van der Waals surface area contributed by atoms with Crippen LogP contribution in [0, 0.1) is 13.8 Å². The highest BCUT2D eigenvalue weighted by molar-refractivity contribution is 7.92. The lowest BCUT2D eigenvalue weighted by Crippen LogP contribution is -2.32. The maximum Gasteiger partial charge on any atom is 0.335 e. The van der Waals surface area contributed by atoms with Gasteiger partial charge in [0.2, 0.25) is 0 Å². The van der Waals surface area contributed by atoms with Gasteiger partial charge in [0.15, 0.2) is 0 Å². The van der Waals surface area contributed by atoms with Crippen molar-refractivity contribution in [3.63, 3.8) is 0 Å². The van der Waals surface area contributed by atoms with E-state index in [1.54, 1.807) is 18.2 Å². The number of hydrogen-bond donors (Lipinski definition) is 2. The lowest BCUT2D eigenvalue weighted by atomic mass is 10.1. The van der Waals surface area contributed by atoms with E-state index in [0.717, 1.165) is 17.7 Å². The van der Waals surface area contributed by atoms with E-state index in [9.17, 15) is 18.3 Å². The van der Waals surface area contributed by atoms with E-state index in [2.05, 4.69) is 4.72 Å². The van der Waals surface area contributed by atoms with Gasteiger partial charge in [0, 0.05) is 19.6 Å². The normalized spacial score (nSPS) is 11.5. The Hall–Kier alpha value is -2.58. The van der Waals surface area contributed by atoms with E-state index in [1.807, 2.05) is 50.7 Å². The van der Waals surface area contributed by atoms with Gasteiger partial charge < -0.3 is 14.9 Å². The topological polar surface area (TPSA) is 89.9 Å². The summed E-state index contributed by atoms with van der Waals surface area (Å²) in [6.45, 7) is 7.75. The molecular formula is C21H29N3O4S. The molecule has 2 rings (SSSR count). The molecule has 2 aromatic carbocycles. The smallest absolute Gasteiger partial charge is 0.335 e. The Morgan fingerprint density at radius 3 is 2.17 bits per heavy atom. The molecule has 0 aromatic heterocycles. The van der Waals surface area contributed by atoms with Crippen LogP contribution in [0.2, 0.25) is 0 Å².